The van der Waals surface area contributed by atoms with Gasteiger partial charge in [-0.1, -0.05) is 28.9 Å². The van der Waals surface area contributed by atoms with Crippen molar-refractivity contribution < 1.29 is 8.78 Å². The molecule has 0 aliphatic rings. The number of halogens is 3. The Morgan fingerprint density at radius 3 is 2.40 bits per heavy atom. The maximum absolute atomic E-state index is 14.1. The Morgan fingerprint density at radius 1 is 1.25 bits per heavy atom. The summed E-state index contributed by atoms with van der Waals surface area (Å²) in [6.07, 6.45) is 1.64. The summed E-state index contributed by atoms with van der Waals surface area (Å²) in [6.45, 7) is 4.35. The molecule has 0 bridgehead atoms. The average molecular weight is 341 g/mol. The monoisotopic (exact) mass is 340 g/mol. The van der Waals surface area contributed by atoms with Crippen LogP contribution in [0.25, 0.3) is 0 Å². The normalized spacial score (nSPS) is 12.4. The standard InChI is InChI=1S/C15H15BrF2N2/c1-3-19-15(10-5-4-9(2)20-8-10)14-12(17)6-11(16)7-13(14)18/h4-8,15,19H,3H2,1-2H3. The molecule has 0 aliphatic carbocycles. The first kappa shape index (κ1) is 15.1. The molecule has 0 saturated carbocycles. The minimum Gasteiger partial charge on any atom is -0.306 e. The highest BCUT2D eigenvalue weighted by Gasteiger charge is 2.22. The lowest BCUT2D eigenvalue weighted by atomic mass is 9.98. The van der Waals surface area contributed by atoms with Crippen LogP contribution in [0.5, 0.6) is 0 Å². The Morgan fingerprint density at radius 2 is 1.90 bits per heavy atom. The lowest BCUT2D eigenvalue weighted by molar-refractivity contribution is 0.509. The molecule has 0 fully saturated rings. The van der Waals surface area contributed by atoms with E-state index in [0.717, 1.165) is 11.3 Å². The number of aromatic nitrogens is 1. The molecule has 106 valence electrons. The predicted molar refractivity (Wildman–Crippen MR) is 78.6 cm³/mol. The maximum atomic E-state index is 14.1. The fourth-order valence-electron chi connectivity index (χ4n) is 2.07. The van der Waals surface area contributed by atoms with E-state index in [4.69, 9.17) is 0 Å². The van der Waals surface area contributed by atoms with E-state index >= 15 is 0 Å². The Labute approximate surface area is 125 Å². The first-order chi connectivity index (χ1) is 9.52. The molecule has 1 aromatic carbocycles. The molecule has 0 saturated heterocycles. The molecule has 5 heteroatoms. The lowest BCUT2D eigenvalue weighted by Crippen LogP contribution is -2.24. The number of nitrogens with one attached hydrogen (secondary N) is 1. The molecule has 0 aliphatic heterocycles. The number of hydrogen-bond acceptors (Lipinski definition) is 2. The topological polar surface area (TPSA) is 24.9 Å². The van der Waals surface area contributed by atoms with Gasteiger partial charge in [-0.05, 0) is 37.2 Å². The van der Waals surface area contributed by atoms with Crippen molar-refractivity contribution in [1.29, 1.82) is 0 Å². The highest BCUT2D eigenvalue weighted by atomic mass is 79.9. The Kier molecular flexibility index (Phi) is 4.83. The zero-order valence-corrected chi connectivity index (χ0v) is 12.8. The number of rotatable bonds is 4. The van der Waals surface area contributed by atoms with Gasteiger partial charge in [-0.3, -0.25) is 4.98 Å². The molecule has 1 N–H and O–H groups in total. The molecule has 2 rings (SSSR count). The van der Waals surface area contributed by atoms with Crippen LogP contribution in [-0.4, -0.2) is 11.5 Å². The van der Waals surface area contributed by atoms with Crippen LogP contribution in [0.3, 0.4) is 0 Å². The second-order valence-corrected chi connectivity index (χ2v) is 5.42. The smallest absolute Gasteiger partial charge is 0.132 e. The third-order valence-electron chi connectivity index (χ3n) is 3.01. The van der Waals surface area contributed by atoms with Gasteiger partial charge in [0.15, 0.2) is 0 Å². The van der Waals surface area contributed by atoms with Gasteiger partial charge in [-0.25, -0.2) is 8.78 Å². The third-order valence-corrected chi connectivity index (χ3v) is 3.47. The number of benzene rings is 1. The molecule has 0 amide bonds. The van der Waals surface area contributed by atoms with Crippen molar-refractivity contribution in [2.24, 2.45) is 0 Å². The minimum atomic E-state index is -0.580. The summed E-state index contributed by atoms with van der Waals surface area (Å²) in [7, 11) is 0. The van der Waals surface area contributed by atoms with Crippen LogP contribution in [0.4, 0.5) is 8.78 Å². The van der Waals surface area contributed by atoms with Gasteiger partial charge in [-0.2, -0.15) is 0 Å². The van der Waals surface area contributed by atoms with Gasteiger partial charge in [0, 0.05) is 21.9 Å². The first-order valence-electron chi connectivity index (χ1n) is 6.33. The third kappa shape index (κ3) is 3.22. The summed E-state index contributed by atoms with van der Waals surface area (Å²) in [6, 6.07) is 5.64. The average Bonchev–Trinajstić information content (AvgIpc) is 2.37. The van der Waals surface area contributed by atoms with Crippen molar-refractivity contribution in [3.05, 3.63) is 63.4 Å². The van der Waals surface area contributed by atoms with E-state index < -0.39 is 17.7 Å². The van der Waals surface area contributed by atoms with Crippen molar-refractivity contribution in [2.45, 2.75) is 19.9 Å². The minimum absolute atomic E-state index is 0.0145. The lowest BCUT2D eigenvalue weighted by Gasteiger charge is -2.20. The van der Waals surface area contributed by atoms with Crippen molar-refractivity contribution in [1.82, 2.24) is 10.3 Å². The second kappa shape index (κ2) is 6.41. The van der Waals surface area contributed by atoms with E-state index in [1.165, 1.54) is 12.1 Å². The van der Waals surface area contributed by atoms with E-state index in [0.29, 0.717) is 11.0 Å². The SMILES string of the molecule is CCNC(c1ccc(C)nc1)c1c(F)cc(Br)cc1F. The molecule has 2 nitrogen and oxygen atoms in total. The first-order valence-corrected chi connectivity index (χ1v) is 7.12. The summed E-state index contributed by atoms with van der Waals surface area (Å²) < 4.78 is 28.6. The van der Waals surface area contributed by atoms with Gasteiger partial charge in [0.1, 0.15) is 11.6 Å². The van der Waals surface area contributed by atoms with E-state index in [2.05, 4.69) is 26.2 Å². The molecule has 1 unspecified atom stereocenters. The van der Waals surface area contributed by atoms with Crippen molar-refractivity contribution >= 4 is 15.9 Å². The fraction of sp³-hybridized carbons (Fsp3) is 0.267. The Hall–Kier alpha value is -1.33. The number of hydrogen-bond donors (Lipinski definition) is 1. The second-order valence-electron chi connectivity index (χ2n) is 4.51. The quantitative estimate of drug-likeness (QED) is 0.905. The Bertz CT molecular complexity index is 576. The molecular formula is C15H15BrF2N2. The number of nitrogens with zero attached hydrogens (tertiary/aromatic N) is 1. The Balaban J connectivity index is 2.51. The van der Waals surface area contributed by atoms with Crippen molar-refractivity contribution in [3.63, 3.8) is 0 Å². The van der Waals surface area contributed by atoms with Gasteiger partial charge >= 0.3 is 0 Å². The van der Waals surface area contributed by atoms with E-state index in [-0.39, 0.29) is 5.56 Å². The molecule has 0 spiro atoms. The van der Waals surface area contributed by atoms with Crippen LogP contribution >= 0.6 is 15.9 Å². The summed E-state index contributed by atoms with van der Waals surface area (Å²) in [4.78, 5) is 4.19. The molecule has 20 heavy (non-hydrogen) atoms. The van der Waals surface area contributed by atoms with Crippen LogP contribution in [-0.2, 0) is 0 Å². The molecule has 1 aromatic heterocycles. The molecule has 1 heterocycles. The van der Waals surface area contributed by atoms with Crippen LogP contribution in [0, 0.1) is 18.6 Å². The van der Waals surface area contributed by atoms with Crippen LogP contribution in [0.15, 0.2) is 34.9 Å². The molecule has 0 radical (unpaired) electrons. The number of aryl methyl sites for hydroxylation is 1. The van der Waals surface area contributed by atoms with Gasteiger partial charge in [-0.15, -0.1) is 0 Å². The number of pyridine rings is 1. The summed E-state index contributed by atoms with van der Waals surface area (Å²) in [5.41, 5.74) is 1.61. The van der Waals surface area contributed by atoms with Crippen LogP contribution in [0.2, 0.25) is 0 Å². The highest BCUT2D eigenvalue weighted by Crippen LogP contribution is 2.29. The van der Waals surface area contributed by atoms with E-state index in [9.17, 15) is 8.78 Å². The van der Waals surface area contributed by atoms with Gasteiger partial charge < -0.3 is 5.32 Å². The fourth-order valence-corrected chi connectivity index (χ4v) is 2.47. The summed E-state index contributed by atoms with van der Waals surface area (Å²) in [5, 5.41) is 3.10. The van der Waals surface area contributed by atoms with Crippen molar-refractivity contribution in [3.8, 4) is 0 Å². The molecule has 2 aromatic rings. The van der Waals surface area contributed by atoms with E-state index in [1.54, 1.807) is 6.20 Å². The van der Waals surface area contributed by atoms with Crippen molar-refractivity contribution in [2.75, 3.05) is 6.54 Å². The highest BCUT2D eigenvalue weighted by molar-refractivity contribution is 9.10. The zero-order chi connectivity index (χ0) is 14.7. The predicted octanol–water partition coefficient (Wildman–Crippen LogP) is 4.13. The van der Waals surface area contributed by atoms with Crippen LogP contribution in [0.1, 0.15) is 29.8 Å². The van der Waals surface area contributed by atoms with Gasteiger partial charge in [0.05, 0.1) is 6.04 Å². The summed E-state index contributed by atoms with van der Waals surface area (Å²) in [5.74, 6) is -1.16. The van der Waals surface area contributed by atoms with E-state index in [1.807, 2.05) is 26.0 Å². The zero-order valence-electron chi connectivity index (χ0n) is 11.3. The maximum Gasteiger partial charge on any atom is 0.132 e. The molecular weight excluding hydrogens is 326 g/mol. The largest absolute Gasteiger partial charge is 0.306 e. The summed E-state index contributed by atoms with van der Waals surface area (Å²) >= 11 is 3.09. The van der Waals surface area contributed by atoms with Gasteiger partial charge in [0.25, 0.3) is 0 Å². The molecule has 1 atom stereocenters. The van der Waals surface area contributed by atoms with Gasteiger partial charge in [0.2, 0.25) is 0 Å². The van der Waals surface area contributed by atoms with Crippen LogP contribution < -0.4 is 5.32 Å².